The number of rotatable bonds is 8. The van der Waals surface area contributed by atoms with Gasteiger partial charge in [0.1, 0.15) is 6.04 Å². The van der Waals surface area contributed by atoms with Crippen LogP contribution in [0.25, 0.3) is 0 Å². The zero-order chi connectivity index (χ0) is 23.1. The molecule has 3 amide bonds. The van der Waals surface area contributed by atoms with Crippen LogP contribution in [0.1, 0.15) is 31.4 Å². The highest BCUT2D eigenvalue weighted by Crippen LogP contribution is 2.24. The van der Waals surface area contributed by atoms with Gasteiger partial charge in [0.25, 0.3) is 0 Å². The topological polar surface area (TPSA) is 120 Å². The van der Waals surface area contributed by atoms with Gasteiger partial charge in [0.05, 0.1) is 25.0 Å². The molecule has 9 heteroatoms. The van der Waals surface area contributed by atoms with Crippen molar-refractivity contribution in [1.29, 1.82) is 0 Å². The van der Waals surface area contributed by atoms with E-state index in [1.165, 1.54) is 0 Å². The first-order chi connectivity index (χ1) is 15.4. The molecule has 1 aromatic carbocycles. The molecule has 2 heterocycles. The average molecular weight is 447 g/mol. The molecule has 0 unspecified atom stereocenters. The van der Waals surface area contributed by atoms with Gasteiger partial charge in [-0.05, 0) is 23.5 Å². The number of nitrogens with one attached hydrogen (secondary N) is 3. The first-order valence-corrected chi connectivity index (χ1v) is 11.3. The minimum atomic E-state index is -0.748. The van der Waals surface area contributed by atoms with E-state index in [0.717, 1.165) is 11.1 Å². The number of morpholine rings is 1. The zero-order valence-electron chi connectivity index (χ0n) is 18.8. The molecule has 2 aliphatic heterocycles. The number of fused-ring (bicyclic) bond motifs is 1. The van der Waals surface area contributed by atoms with Crippen molar-refractivity contribution in [3.63, 3.8) is 0 Å². The Labute approximate surface area is 188 Å². The molecular formula is C23H34N4O5. The van der Waals surface area contributed by atoms with Gasteiger partial charge in [0.2, 0.25) is 17.7 Å². The first kappa shape index (κ1) is 24.2. The highest BCUT2D eigenvalue weighted by atomic mass is 16.5. The maximum absolute atomic E-state index is 13.4. The lowest BCUT2D eigenvalue weighted by Gasteiger charge is -2.33. The quantitative estimate of drug-likeness (QED) is 0.340. The highest BCUT2D eigenvalue weighted by molar-refractivity contribution is 5.92. The molecule has 32 heavy (non-hydrogen) atoms. The van der Waals surface area contributed by atoms with Crippen LogP contribution in [-0.4, -0.2) is 66.7 Å². The lowest BCUT2D eigenvalue weighted by atomic mass is 9.83. The number of carbonyl (C=O) groups excluding carboxylic acids is 3. The summed E-state index contributed by atoms with van der Waals surface area (Å²) in [4.78, 5) is 40.8. The normalized spacial score (nSPS) is 21.1. The number of nitrogens with zero attached hydrogens (tertiary/aromatic N) is 1. The van der Waals surface area contributed by atoms with E-state index >= 15 is 0 Å². The largest absolute Gasteiger partial charge is 0.379 e. The predicted octanol–water partition coefficient (Wildman–Crippen LogP) is 0.460. The third-order valence-corrected chi connectivity index (χ3v) is 6.18. The van der Waals surface area contributed by atoms with Gasteiger partial charge in [-0.25, -0.2) is 5.48 Å². The van der Waals surface area contributed by atoms with Crippen LogP contribution >= 0.6 is 0 Å². The molecule has 0 spiro atoms. The van der Waals surface area contributed by atoms with Gasteiger partial charge in [-0.1, -0.05) is 38.1 Å². The Hall–Kier alpha value is -2.49. The predicted molar refractivity (Wildman–Crippen MR) is 118 cm³/mol. The number of hydroxylamine groups is 1. The van der Waals surface area contributed by atoms with Gasteiger partial charge >= 0.3 is 0 Å². The Kier molecular flexibility index (Phi) is 8.60. The number of carbonyl (C=O) groups is 3. The van der Waals surface area contributed by atoms with Crippen molar-refractivity contribution in [2.45, 2.75) is 39.3 Å². The van der Waals surface area contributed by atoms with Crippen LogP contribution in [0.5, 0.6) is 0 Å². The first-order valence-electron chi connectivity index (χ1n) is 11.3. The second-order valence-electron chi connectivity index (χ2n) is 8.98. The molecule has 0 aliphatic carbocycles. The highest BCUT2D eigenvalue weighted by Gasteiger charge is 2.37. The van der Waals surface area contributed by atoms with E-state index < -0.39 is 23.8 Å². The van der Waals surface area contributed by atoms with E-state index in [2.05, 4.69) is 15.5 Å². The fraction of sp³-hybridized carbons (Fsp3) is 0.609. The van der Waals surface area contributed by atoms with Crippen LogP contribution in [0, 0.1) is 17.8 Å². The summed E-state index contributed by atoms with van der Waals surface area (Å²) in [6.45, 7) is 7.17. The fourth-order valence-corrected chi connectivity index (χ4v) is 4.44. The molecule has 1 fully saturated rings. The monoisotopic (exact) mass is 446 g/mol. The third kappa shape index (κ3) is 6.27. The van der Waals surface area contributed by atoms with Crippen molar-refractivity contribution in [1.82, 2.24) is 21.0 Å². The zero-order valence-corrected chi connectivity index (χ0v) is 18.8. The molecule has 9 nitrogen and oxygen atoms in total. The van der Waals surface area contributed by atoms with Crippen LogP contribution < -0.4 is 16.1 Å². The van der Waals surface area contributed by atoms with Gasteiger partial charge in [-0.15, -0.1) is 0 Å². The van der Waals surface area contributed by atoms with Crippen LogP contribution in [0.4, 0.5) is 0 Å². The second-order valence-corrected chi connectivity index (χ2v) is 8.98. The van der Waals surface area contributed by atoms with Crippen molar-refractivity contribution in [3.8, 4) is 0 Å². The smallest absolute Gasteiger partial charge is 0.248 e. The summed E-state index contributed by atoms with van der Waals surface area (Å²) in [7, 11) is 0. The molecule has 0 aromatic heterocycles. The van der Waals surface area contributed by atoms with Crippen LogP contribution in [0.2, 0.25) is 0 Å². The molecule has 0 bridgehead atoms. The van der Waals surface area contributed by atoms with Gasteiger partial charge in [-0.2, -0.15) is 0 Å². The lowest BCUT2D eigenvalue weighted by molar-refractivity contribution is -0.143. The maximum atomic E-state index is 13.4. The minimum absolute atomic E-state index is 0.146. The fourth-order valence-electron chi connectivity index (χ4n) is 4.44. The van der Waals surface area contributed by atoms with Gasteiger partial charge < -0.3 is 15.4 Å². The summed E-state index contributed by atoms with van der Waals surface area (Å²) in [5, 5.41) is 15.1. The van der Waals surface area contributed by atoms with E-state index in [1.807, 2.05) is 38.1 Å². The van der Waals surface area contributed by atoms with Gasteiger partial charge in [-0.3, -0.25) is 24.5 Å². The molecule has 3 rings (SSSR count). The minimum Gasteiger partial charge on any atom is -0.379 e. The summed E-state index contributed by atoms with van der Waals surface area (Å²) in [5.41, 5.74) is 3.78. The number of ether oxygens (including phenoxy) is 1. The summed E-state index contributed by atoms with van der Waals surface area (Å²) in [5.74, 6) is -2.46. The Morgan fingerprint density at radius 2 is 1.84 bits per heavy atom. The second kappa shape index (κ2) is 11.4. The molecule has 2 aliphatic rings. The van der Waals surface area contributed by atoms with E-state index in [9.17, 15) is 19.6 Å². The van der Waals surface area contributed by atoms with Crippen molar-refractivity contribution < 1.29 is 24.3 Å². The molecule has 4 N–H and O–H groups in total. The average Bonchev–Trinajstić information content (AvgIpc) is 2.95. The Morgan fingerprint density at radius 1 is 1.16 bits per heavy atom. The Morgan fingerprint density at radius 3 is 2.50 bits per heavy atom. The van der Waals surface area contributed by atoms with Gasteiger partial charge in [0.15, 0.2) is 0 Å². The molecule has 1 aromatic rings. The molecule has 176 valence electrons. The van der Waals surface area contributed by atoms with E-state index in [-0.39, 0.29) is 17.7 Å². The molecule has 3 atom stereocenters. The molecule has 1 saturated heterocycles. The number of hydrogen-bond donors (Lipinski definition) is 4. The molecule has 0 saturated carbocycles. The Balaban J connectivity index is 1.78. The van der Waals surface area contributed by atoms with Crippen LogP contribution in [-0.2, 0) is 32.1 Å². The van der Waals surface area contributed by atoms with Crippen molar-refractivity contribution in [2.75, 3.05) is 32.8 Å². The summed E-state index contributed by atoms with van der Waals surface area (Å²) in [6.07, 6.45) is 0.849. The SMILES string of the molecule is CC(C)C[C@@H](C(=O)N[C@H]1Cc2ccccc2CNC1=O)[C@H](CN1CCOCC1)C(=O)NO. The standard InChI is InChI=1S/C23H34N4O5/c1-15(2)11-18(19(22(29)26-31)14-27-7-9-32-10-8-27)21(28)25-20-12-16-5-3-4-6-17(16)13-24-23(20)30/h3-6,15,18-20,31H,7-14H2,1-2H3,(H,24,30)(H,25,28)(H,26,29)/t18-,19+,20+/m1/s1. The lowest BCUT2D eigenvalue weighted by Crippen LogP contribution is -2.53. The maximum Gasteiger partial charge on any atom is 0.248 e. The van der Waals surface area contributed by atoms with E-state index in [4.69, 9.17) is 4.74 Å². The van der Waals surface area contributed by atoms with Crippen molar-refractivity contribution >= 4 is 17.7 Å². The number of amides is 3. The summed E-state index contributed by atoms with van der Waals surface area (Å²) >= 11 is 0. The van der Waals surface area contributed by atoms with Crippen LogP contribution in [0.3, 0.4) is 0 Å². The van der Waals surface area contributed by atoms with E-state index in [1.54, 1.807) is 5.48 Å². The van der Waals surface area contributed by atoms with Crippen molar-refractivity contribution in [3.05, 3.63) is 35.4 Å². The third-order valence-electron chi connectivity index (χ3n) is 6.18. The van der Waals surface area contributed by atoms with Crippen LogP contribution in [0.15, 0.2) is 24.3 Å². The number of benzene rings is 1. The molecule has 0 radical (unpaired) electrons. The van der Waals surface area contributed by atoms with Gasteiger partial charge in [0, 0.05) is 32.6 Å². The summed E-state index contributed by atoms with van der Waals surface area (Å²) in [6, 6.07) is 7.04. The number of hydrogen-bond acceptors (Lipinski definition) is 6. The van der Waals surface area contributed by atoms with Crippen molar-refractivity contribution in [2.24, 2.45) is 17.8 Å². The Bertz CT molecular complexity index is 809. The summed E-state index contributed by atoms with van der Waals surface area (Å²) < 4.78 is 5.38. The van der Waals surface area contributed by atoms with E-state index in [0.29, 0.717) is 52.2 Å². The molecular weight excluding hydrogens is 412 g/mol.